The van der Waals surface area contributed by atoms with E-state index in [9.17, 15) is 9.18 Å². The number of benzene rings is 1. The van der Waals surface area contributed by atoms with E-state index in [1.807, 2.05) is 13.0 Å². The number of nitrogens with one attached hydrogen (secondary N) is 2. The van der Waals surface area contributed by atoms with Crippen LogP contribution in [0.4, 0.5) is 15.1 Å². The molecule has 0 unspecified atom stereocenters. The first-order valence-corrected chi connectivity index (χ1v) is 7.58. The minimum Gasteiger partial charge on any atom is -0.397 e. The first-order valence-electron chi connectivity index (χ1n) is 6.76. The second-order valence-electron chi connectivity index (χ2n) is 4.52. The van der Waals surface area contributed by atoms with E-state index >= 15 is 0 Å². The number of amides is 1. The largest absolute Gasteiger partial charge is 0.397 e. The van der Waals surface area contributed by atoms with Gasteiger partial charge in [-0.3, -0.25) is 4.79 Å². The Hall–Kier alpha value is -2.08. The van der Waals surface area contributed by atoms with Crippen LogP contribution in [0.25, 0.3) is 0 Å². The molecule has 0 saturated carbocycles. The number of hydrogen-bond donors (Lipinski definition) is 3. The smallest absolute Gasteiger partial charge is 0.263 e. The molecule has 0 bridgehead atoms. The molecule has 0 spiro atoms. The van der Waals surface area contributed by atoms with E-state index < -0.39 is 0 Å². The molecular formula is C15H18FN3OS. The highest BCUT2D eigenvalue weighted by atomic mass is 32.1. The maximum absolute atomic E-state index is 13.5. The van der Waals surface area contributed by atoms with E-state index in [0.29, 0.717) is 35.6 Å². The van der Waals surface area contributed by atoms with Crippen molar-refractivity contribution in [1.82, 2.24) is 5.32 Å². The zero-order chi connectivity index (χ0) is 15.2. The third-order valence-corrected chi connectivity index (χ3v) is 4.06. The molecule has 1 aromatic heterocycles. The van der Waals surface area contributed by atoms with Crippen LogP contribution in [0.1, 0.15) is 22.2 Å². The first kappa shape index (κ1) is 15.3. The Morgan fingerprint density at radius 1 is 1.38 bits per heavy atom. The summed E-state index contributed by atoms with van der Waals surface area (Å²) in [4.78, 5) is 12.3. The highest BCUT2D eigenvalue weighted by Gasteiger charge is 2.13. The highest BCUT2D eigenvalue weighted by molar-refractivity contribution is 7.18. The standard InChI is InChI=1S/C15H18FN3OS/c1-2-18-15(20)14-12(17)9-13(21-14)19-8-7-10-5-3-4-6-11(10)16/h3-6,9,19H,2,7-8,17H2,1H3,(H,18,20). The van der Waals surface area contributed by atoms with Crippen molar-refractivity contribution in [3.8, 4) is 0 Å². The number of thiophene rings is 1. The molecule has 0 aliphatic heterocycles. The summed E-state index contributed by atoms with van der Waals surface area (Å²) in [5.41, 5.74) is 6.95. The van der Waals surface area contributed by atoms with Crippen molar-refractivity contribution in [2.45, 2.75) is 13.3 Å². The Bertz CT molecular complexity index is 627. The van der Waals surface area contributed by atoms with Crippen molar-refractivity contribution in [2.24, 2.45) is 0 Å². The molecule has 1 heterocycles. The number of carbonyl (C=O) groups excluding carboxylic acids is 1. The van der Waals surface area contributed by atoms with Gasteiger partial charge in [0.05, 0.1) is 10.7 Å². The van der Waals surface area contributed by atoms with E-state index in [1.165, 1.54) is 17.4 Å². The summed E-state index contributed by atoms with van der Waals surface area (Å²) >= 11 is 1.30. The molecule has 4 N–H and O–H groups in total. The molecule has 1 aromatic carbocycles. The van der Waals surface area contributed by atoms with Gasteiger partial charge in [0, 0.05) is 13.1 Å². The minimum absolute atomic E-state index is 0.165. The highest BCUT2D eigenvalue weighted by Crippen LogP contribution is 2.29. The van der Waals surface area contributed by atoms with Gasteiger partial charge in [0.2, 0.25) is 0 Å². The van der Waals surface area contributed by atoms with Crippen molar-refractivity contribution in [3.63, 3.8) is 0 Å². The summed E-state index contributed by atoms with van der Waals surface area (Å²) in [5.74, 6) is -0.366. The van der Waals surface area contributed by atoms with Crippen LogP contribution in [0.5, 0.6) is 0 Å². The molecule has 2 aromatic rings. The van der Waals surface area contributed by atoms with E-state index in [4.69, 9.17) is 5.73 Å². The lowest BCUT2D eigenvalue weighted by Gasteiger charge is -2.04. The van der Waals surface area contributed by atoms with E-state index in [-0.39, 0.29) is 11.7 Å². The molecule has 0 saturated heterocycles. The van der Waals surface area contributed by atoms with Crippen LogP contribution in [0.3, 0.4) is 0 Å². The maximum Gasteiger partial charge on any atom is 0.263 e. The lowest BCUT2D eigenvalue weighted by atomic mass is 10.1. The number of halogens is 1. The van der Waals surface area contributed by atoms with Gasteiger partial charge in [-0.2, -0.15) is 0 Å². The molecule has 0 aliphatic rings. The van der Waals surface area contributed by atoms with Gasteiger partial charge in [-0.05, 0) is 31.0 Å². The third-order valence-electron chi connectivity index (χ3n) is 2.96. The monoisotopic (exact) mass is 307 g/mol. The van der Waals surface area contributed by atoms with Gasteiger partial charge in [0.25, 0.3) is 5.91 Å². The lowest BCUT2D eigenvalue weighted by Crippen LogP contribution is -2.22. The van der Waals surface area contributed by atoms with E-state index in [2.05, 4.69) is 10.6 Å². The second kappa shape index (κ2) is 7.08. The average Bonchev–Trinajstić information content (AvgIpc) is 2.82. The molecule has 21 heavy (non-hydrogen) atoms. The Morgan fingerprint density at radius 3 is 2.86 bits per heavy atom. The summed E-state index contributed by atoms with van der Waals surface area (Å²) in [7, 11) is 0. The number of nitrogen functional groups attached to an aromatic ring is 1. The Labute approximate surface area is 127 Å². The molecule has 0 aliphatic carbocycles. The zero-order valence-corrected chi connectivity index (χ0v) is 12.6. The van der Waals surface area contributed by atoms with Gasteiger partial charge >= 0.3 is 0 Å². The normalized spacial score (nSPS) is 10.4. The molecule has 0 radical (unpaired) electrons. The summed E-state index contributed by atoms with van der Waals surface area (Å²) in [6, 6.07) is 8.43. The fourth-order valence-corrected chi connectivity index (χ4v) is 2.85. The van der Waals surface area contributed by atoms with Crippen molar-refractivity contribution >= 4 is 27.9 Å². The fourth-order valence-electron chi connectivity index (χ4n) is 1.93. The van der Waals surface area contributed by atoms with Crippen molar-refractivity contribution < 1.29 is 9.18 Å². The van der Waals surface area contributed by atoms with Crippen molar-refractivity contribution in [2.75, 3.05) is 24.1 Å². The van der Waals surface area contributed by atoms with Crippen molar-refractivity contribution in [3.05, 3.63) is 46.6 Å². The Balaban J connectivity index is 1.94. The number of rotatable bonds is 6. The van der Waals surface area contributed by atoms with Crippen LogP contribution in [0.15, 0.2) is 30.3 Å². The minimum atomic E-state index is -0.201. The van der Waals surface area contributed by atoms with Gasteiger partial charge in [-0.15, -0.1) is 11.3 Å². The third kappa shape index (κ3) is 3.95. The Morgan fingerprint density at radius 2 is 2.14 bits per heavy atom. The van der Waals surface area contributed by atoms with Crippen LogP contribution in [-0.2, 0) is 6.42 Å². The fraction of sp³-hybridized carbons (Fsp3) is 0.267. The number of carbonyl (C=O) groups is 1. The van der Waals surface area contributed by atoms with Gasteiger partial charge in [-0.1, -0.05) is 18.2 Å². The maximum atomic E-state index is 13.5. The van der Waals surface area contributed by atoms with E-state index in [0.717, 1.165) is 5.00 Å². The number of anilines is 2. The predicted molar refractivity (Wildman–Crippen MR) is 85.3 cm³/mol. The van der Waals surface area contributed by atoms with Crippen LogP contribution in [0.2, 0.25) is 0 Å². The van der Waals surface area contributed by atoms with Crippen LogP contribution >= 0.6 is 11.3 Å². The summed E-state index contributed by atoms with van der Waals surface area (Å²) in [6.07, 6.45) is 0.570. The molecule has 0 atom stereocenters. The van der Waals surface area contributed by atoms with Gasteiger partial charge in [0.1, 0.15) is 10.7 Å². The van der Waals surface area contributed by atoms with Gasteiger partial charge in [-0.25, -0.2) is 4.39 Å². The molecular weight excluding hydrogens is 289 g/mol. The summed E-state index contributed by atoms with van der Waals surface area (Å²) in [5, 5.41) is 6.70. The molecule has 1 amide bonds. The summed E-state index contributed by atoms with van der Waals surface area (Å²) in [6.45, 7) is 3.00. The topological polar surface area (TPSA) is 67.2 Å². The molecule has 4 nitrogen and oxygen atoms in total. The number of hydrogen-bond acceptors (Lipinski definition) is 4. The Kier molecular flexibility index (Phi) is 5.16. The second-order valence-corrected chi connectivity index (χ2v) is 5.57. The number of nitrogens with two attached hydrogens (primary N) is 1. The summed E-state index contributed by atoms with van der Waals surface area (Å²) < 4.78 is 13.5. The molecule has 0 fully saturated rings. The molecule has 2 rings (SSSR count). The first-order chi connectivity index (χ1) is 10.1. The predicted octanol–water partition coefficient (Wildman–Crippen LogP) is 2.87. The van der Waals surface area contributed by atoms with Gasteiger partial charge < -0.3 is 16.4 Å². The molecule has 6 heteroatoms. The van der Waals surface area contributed by atoms with Gasteiger partial charge in [0.15, 0.2) is 0 Å². The van der Waals surface area contributed by atoms with Crippen LogP contribution < -0.4 is 16.4 Å². The van der Waals surface area contributed by atoms with Crippen LogP contribution in [0, 0.1) is 5.82 Å². The SMILES string of the molecule is CCNC(=O)c1sc(NCCc2ccccc2F)cc1N. The lowest BCUT2D eigenvalue weighted by molar-refractivity contribution is 0.0960. The van der Waals surface area contributed by atoms with Crippen LogP contribution in [-0.4, -0.2) is 19.0 Å². The molecule has 112 valence electrons. The van der Waals surface area contributed by atoms with E-state index in [1.54, 1.807) is 18.2 Å². The average molecular weight is 307 g/mol. The zero-order valence-electron chi connectivity index (χ0n) is 11.8. The van der Waals surface area contributed by atoms with Crippen molar-refractivity contribution in [1.29, 1.82) is 0 Å². The quantitative estimate of drug-likeness (QED) is 0.769.